The molecule has 0 saturated carbocycles. The molecule has 0 radical (unpaired) electrons. The summed E-state index contributed by atoms with van der Waals surface area (Å²) < 4.78 is 11.7. The second-order valence-corrected chi connectivity index (χ2v) is 7.10. The Kier molecular flexibility index (Phi) is 6.11. The van der Waals surface area contributed by atoms with Gasteiger partial charge in [0.2, 0.25) is 0 Å². The van der Waals surface area contributed by atoms with Crippen LogP contribution in [-0.2, 0) is 16.0 Å². The zero-order valence-electron chi connectivity index (χ0n) is 12.9. The highest BCUT2D eigenvalue weighted by atomic mass is 31.2. The lowest BCUT2D eigenvalue weighted by molar-refractivity contribution is 0.131. The van der Waals surface area contributed by atoms with Gasteiger partial charge in [0.15, 0.2) is 0 Å². The molecule has 23 heavy (non-hydrogen) atoms. The summed E-state index contributed by atoms with van der Waals surface area (Å²) in [5.41, 5.74) is 1.71. The average Bonchev–Trinajstić information content (AvgIpc) is 2.52. The highest BCUT2D eigenvalue weighted by Gasteiger charge is 2.29. The topological polar surface area (TPSA) is 79.1 Å². The Bertz CT molecular complexity index is 679. The quantitative estimate of drug-likeness (QED) is 0.459. The maximum Gasteiger partial charge on any atom is 0.333 e. The lowest BCUT2D eigenvalue weighted by Gasteiger charge is -2.17. The van der Waals surface area contributed by atoms with Crippen LogP contribution in [0.3, 0.4) is 0 Å². The molecule has 0 spiro atoms. The molecule has 6 heteroatoms. The van der Waals surface area contributed by atoms with Crippen molar-refractivity contribution < 1.29 is 19.2 Å². The molecule has 0 heterocycles. The molecule has 2 aromatic carbocycles. The summed E-state index contributed by atoms with van der Waals surface area (Å²) >= 11 is 0. The zero-order valence-corrected chi connectivity index (χ0v) is 13.8. The minimum absolute atomic E-state index is 0.113. The first-order valence-corrected chi connectivity index (χ1v) is 8.94. The molecule has 0 amide bonds. The van der Waals surface area contributed by atoms with Gasteiger partial charge < -0.3 is 14.6 Å². The number of hydrogen-bond donors (Lipinski definition) is 2. The fourth-order valence-corrected chi connectivity index (χ4v) is 3.07. The van der Waals surface area contributed by atoms with Gasteiger partial charge in [-0.1, -0.05) is 65.3 Å². The summed E-state index contributed by atoms with van der Waals surface area (Å²) in [4.78, 5) is 24.2. The highest BCUT2D eigenvalue weighted by Crippen LogP contribution is 2.53. The molecule has 122 valence electrons. The molecule has 0 aliphatic carbocycles. The second kappa shape index (κ2) is 8.06. The van der Waals surface area contributed by atoms with Gasteiger partial charge >= 0.3 is 7.60 Å². The molecule has 0 aliphatic heterocycles. The first-order valence-electron chi connectivity index (χ1n) is 7.26. The zero-order chi connectivity index (χ0) is 16.7. The summed E-state index contributed by atoms with van der Waals surface area (Å²) in [6.45, 7) is 2.25. The maximum absolute atomic E-state index is 11.7. The summed E-state index contributed by atoms with van der Waals surface area (Å²) in [7, 11) is -4.27. The van der Waals surface area contributed by atoms with Crippen LogP contribution in [0.1, 0.15) is 28.8 Å². The predicted octanol–water partition coefficient (Wildman–Crippen LogP) is 3.81. The Labute approximate surface area is 135 Å². The Morgan fingerprint density at radius 2 is 1.78 bits per heavy atom. The van der Waals surface area contributed by atoms with E-state index in [0.717, 1.165) is 11.1 Å². The van der Waals surface area contributed by atoms with Crippen LogP contribution in [0.2, 0.25) is 0 Å². The minimum Gasteiger partial charge on any atom is -0.391 e. The number of aryl methyl sites for hydroxylation is 1. The van der Waals surface area contributed by atoms with Gasteiger partial charge in [-0.3, -0.25) is 4.57 Å². The maximum atomic E-state index is 11.7. The molecule has 0 saturated heterocycles. The van der Waals surface area contributed by atoms with E-state index in [9.17, 15) is 14.4 Å². The van der Waals surface area contributed by atoms with Crippen molar-refractivity contribution in [2.75, 3.05) is 0 Å². The van der Waals surface area contributed by atoms with Crippen LogP contribution in [0.4, 0.5) is 0 Å². The second-order valence-electron chi connectivity index (χ2n) is 5.30. The normalized spacial score (nSPS) is 13.2. The largest absolute Gasteiger partial charge is 0.391 e. The standard InChI is InChI=1S/C17H20NO4P/c1-14-7-9-16(10-8-14)17(23(19,20)21)11-12-18-22-13-15-5-3-2-4-6-15/h2-10,12,17H,11,13H2,1H3,(H2,19,20,21). The third kappa shape index (κ3) is 5.64. The Morgan fingerprint density at radius 3 is 2.39 bits per heavy atom. The molecule has 5 nitrogen and oxygen atoms in total. The average molecular weight is 333 g/mol. The molecule has 0 aliphatic rings. The third-order valence-corrected chi connectivity index (χ3v) is 4.74. The molecular formula is C17H20NO4P. The molecule has 1 atom stereocenters. The molecule has 1 unspecified atom stereocenters. The first kappa shape index (κ1) is 17.4. The third-order valence-electron chi connectivity index (χ3n) is 3.42. The minimum atomic E-state index is -4.27. The van der Waals surface area contributed by atoms with E-state index in [1.807, 2.05) is 49.4 Å². The van der Waals surface area contributed by atoms with Crippen LogP contribution < -0.4 is 0 Å². The number of hydrogen-bond acceptors (Lipinski definition) is 3. The smallest absolute Gasteiger partial charge is 0.333 e. The molecule has 0 aromatic heterocycles. The highest BCUT2D eigenvalue weighted by molar-refractivity contribution is 7.52. The SMILES string of the molecule is Cc1ccc(C(CC=NOCc2ccccc2)P(=O)(O)O)cc1. The van der Waals surface area contributed by atoms with Crippen LogP contribution >= 0.6 is 7.60 Å². The van der Waals surface area contributed by atoms with Crippen molar-refractivity contribution in [1.29, 1.82) is 0 Å². The molecule has 0 fully saturated rings. The lowest BCUT2D eigenvalue weighted by atomic mass is 10.1. The van der Waals surface area contributed by atoms with E-state index in [-0.39, 0.29) is 6.42 Å². The van der Waals surface area contributed by atoms with E-state index < -0.39 is 13.3 Å². The van der Waals surface area contributed by atoms with Gasteiger partial charge in [-0.15, -0.1) is 0 Å². The summed E-state index contributed by atoms with van der Waals surface area (Å²) in [6.07, 6.45) is 1.52. The van der Waals surface area contributed by atoms with Crippen LogP contribution in [0, 0.1) is 6.92 Å². The van der Waals surface area contributed by atoms with Crippen LogP contribution in [-0.4, -0.2) is 16.0 Å². The van der Waals surface area contributed by atoms with E-state index in [0.29, 0.717) is 12.2 Å². The van der Waals surface area contributed by atoms with Crippen molar-refractivity contribution in [3.63, 3.8) is 0 Å². The van der Waals surface area contributed by atoms with Crippen molar-refractivity contribution in [3.8, 4) is 0 Å². The fourth-order valence-electron chi connectivity index (χ4n) is 2.14. The molecule has 2 N–H and O–H groups in total. The van der Waals surface area contributed by atoms with Gasteiger partial charge in [0.05, 0.1) is 5.66 Å². The number of benzene rings is 2. The van der Waals surface area contributed by atoms with E-state index in [1.54, 1.807) is 12.1 Å². The van der Waals surface area contributed by atoms with Gasteiger partial charge in [0.1, 0.15) is 6.61 Å². The van der Waals surface area contributed by atoms with Crippen molar-refractivity contribution in [1.82, 2.24) is 0 Å². The summed E-state index contributed by atoms with van der Waals surface area (Å²) in [5.74, 6) is 0. The van der Waals surface area contributed by atoms with Crippen molar-refractivity contribution in [2.45, 2.75) is 25.6 Å². The van der Waals surface area contributed by atoms with Gasteiger partial charge in [0, 0.05) is 12.6 Å². The Balaban J connectivity index is 1.95. The fraction of sp³-hybridized carbons (Fsp3) is 0.235. The molecule has 2 rings (SSSR count). The van der Waals surface area contributed by atoms with Crippen LogP contribution in [0.15, 0.2) is 59.8 Å². The first-order chi connectivity index (χ1) is 11.0. The molecule has 0 bridgehead atoms. The summed E-state index contributed by atoms with van der Waals surface area (Å²) in [5, 5.41) is 3.79. The van der Waals surface area contributed by atoms with Crippen molar-refractivity contribution in [3.05, 3.63) is 71.3 Å². The van der Waals surface area contributed by atoms with Crippen LogP contribution in [0.25, 0.3) is 0 Å². The van der Waals surface area contributed by atoms with Gasteiger partial charge in [-0.05, 0) is 18.1 Å². The number of rotatable bonds is 7. The van der Waals surface area contributed by atoms with Gasteiger partial charge in [-0.2, -0.15) is 0 Å². The molecule has 2 aromatic rings. The predicted molar refractivity (Wildman–Crippen MR) is 90.3 cm³/mol. The molecular weight excluding hydrogens is 313 g/mol. The monoisotopic (exact) mass is 333 g/mol. The lowest BCUT2D eigenvalue weighted by Crippen LogP contribution is -2.01. The number of oxime groups is 1. The number of nitrogens with zero attached hydrogens (tertiary/aromatic N) is 1. The Morgan fingerprint density at radius 1 is 1.13 bits per heavy atom. The van der Waals surface area contributed by atoms with Gasteiger partial charge in [0.25, 0.3) is 0 Å². The van der Waals surface area contributed by atoms with E-state index >= 15 is 0 Å². The van der Waals surface area contributed by atoms with Crippen molar-refractivity contribution in [2.24, 2.45) is 5.16 Å². The van der Waals surface area contributed by atoms with Crippen LogP contribution in [0.5, 0.6) is 0 Å². The van der Waals surface area contributed by atoms with Crippen molar-refractivity contribution >= 4 is 13.8 Å². The Hall–Kier alpha value is -1.94. The van der Waals surface area contributed by atoms with Gasteiger partial charge in [-0.25, -0.2) is 0 Å². The van der Waals surface area contributed by atoms with E-state index in [1.165, 1.54) is 6.21 Å². The van der Waals surface area contributed by atoms with E-state index in [2.05, 4.69) is 5.16 Å². The van der Waals surface area contributed by atoms with E-state index in [4.69, 9.17) is 4.84 Å². The summed E-state index contributed by atoms with van der Waals surface area (Å²) in [6, 6.07) is 16.7.